The Balaban J connectivity index is -0.000000117. The Bertz CT molecular complexity index is 2000. The normalized spacial score (nSPS) is 12.0. The molecule has 21 heteroatoms. The number of benzene rings is 5. The fourth-order valence-corrected chi connectivity index (χ4v) is 4.62. The van der Waals surface area contributed by atoms with Crippen LogP contribution in [0.15, 0.2) is 121 Å². The Morgan fingerprint density at radius 2 is 0.914 bits per heavy atom. The molecule has 0 saturated carbocycles. The minimum atomic E-state index is -2.22. The summed E-state index contributed by atoms with van der Waals surface area (Å²) in [4.78, 5) is 20.3. The topological polar surface area (TPSA) is 134 Å². The van der Waals surface area contributed by atoms with E-state index in [-0.39, 0.29) is 105 Å². The predicted octanol–water partition coefficient (Wildman–Crippen LogP) is 10.4. The second kappa shape index (κ2) is 56.4. The van der Waals surface area contributed by atoms with E-state index >= 15 is 0 Å². The standard InChI is InChI=1S/C8H7FO2.C8H9FO.C7H6BrF.C7H5FO2.C7H7FO.2C4H8O.C2H6.2CH4.Al.BH3.Br3P.Li.4H/c9-7-3-1-6(2-4-7)5-8(10)11;9-8-3-1-7(2-4-8)5-6-10;8-5-6-1-3-7(9)4-2-6;8-6-3-1-5(2-4-6)7(9)10;8-7-3-1-6(5-9)2-4-7;2*1-2-4-5-3-1;1-2;;;;;1-4(2)3;;;;;/h1-4H,5H2,(H,10,11);1-4,10H,5-6H2;1-4H,5H2;1-4H,(H,9,10);1-4,9H,5H2;2*1-4H2;1-2H3;2*1H4;;1H3;;;;;;/q;;;;;;;;;;;;;+1;;;;-1/i;6D2;;;;;;1D;;;;1D3;;;;;;. The minimum Gasteiger partial charge on any atom is -1.00 e. The number of aromatic carboxylic acids is 1. The zero-order chi connectivity index (χ0) is 55.3. The molecule has 5 aromatic carbocycles. The van der Waals surface area contributed by atoms with Crippen LogP contribution in [0.25, 0.3) is 0 Å². The molecular weight excluding hydrogens is 1210 g/mol. The van der Waals surface area contributed by atoms with Crippen molar-refractivity contribution >= 4 is 104 Å². The molecule has 7 rings (SSSR count). The molecule has 2 aliphatic heterocycles. The van der Waals surface area contributed by atoms with Crippen molar-refractivity contribution in [1.82, 2.24) is 0 Å². The Hall–Kier alpha value is -1.93. The van der Waals surface area contributed by atoms with Crippen molar-refractivity contribution < 1.29 is 85.8 Å². The molecule has 0 amide bonds. The first-order valence-electron chi connectivity index (χ1n) is 22.9. The van der Waals surface area contributed by atoms with Crippen molar-refractivity contribution in [3.8, 4) is 0 Å². The van der Waals surface area contributed by atoms with Crippen molar-refractivity contribution in [3.05, 3.63) is 178 Å². The van der Waals surface area contributed by atoms with Gasteiger partial charge >= 0.3 is 30.8 Å². The van der Waals surface area contributed by atoms with Crippen LogP contribution in [0.2, 0.25) is 0 Å². The summed E-state index contributed by atoms with van der Waals surface area (Å²) in [5.41, 5.74) is 3.11. The molecular formula is C49H71AlBBr4F5LiO8P. The summed E-state index contributed by atoms with van der Waals surface area (Å²) in [6.45, 7) is 4.04. The number of carboxylic acid groups (broad SMARTS) is 2. The van der Waals surface area contributed by atoms with E-state index < -0.39 is 32.6 Å². The maximum Gasteiger partial charge on any atom is 1.00 e. The zero-order valence-electron chi connectivity index (χ0n) is 44.1. The quantitative estimate of drug-likeness (QED) is 0.0548. The van der Waals surface area contributed by atoms with Crippen molar-refractivity contribution in [3.63, 3.8) is 0 Å². The van der Waals surface area contributed by atoms with Crippen LogP contribution in [0, 0.1) is 29.1 Å². The van der Waals surface area contributed by atoms with Crippen LogP contribution in [0.5, 0.6) is 0 Å². The molecule has 5 aromatic rings. The summed E-state index contributed by atoms with van der Waals surface area (Å²) in [5.74, 6) is -3.54. The van der Waals surface area contributed by atoms with E-state index in [1.165, 1.54) is 111 Å². The maximum atomic E-state index is 12.4. The molecule has 2 heterocycles. The van der Waals surface area contributed by atoms with Crippen LogP contribution < -0.4 is 18.9 Å². The van der Waals surface area contributed by atoms with Gasteiger partial charge < -0.3 is 31.3 Å². The molecule has 2 saturated heterocycles. The first kappa shape index (κ1) is 68.1. The van der Waals surface area contributed by atoms with Gasteiger partial charge in [-0.2, -0.15) is 0 Å². The second-order valence-electron chi connectivity index (χ2n) is 12.3. The van der Waals surface area contributed by atoms with E-state index in [0.29, 0.717) is 18.0 Å². The predicted molar refractivity (Wildman–Crippen MR) is 299 cm³/mol. The monoisotopic (exact) mass is 1280 g/mol. The molecule has 0 atom stereocenters. The molecule has 4 N–H and O–H groups in total. The first-order valence-corrected chi connectivity index (χ1v) is 28.0. The summed E-state index contributed by atoms with van der Waals surface area (Å²) in [6, 6.07) is 27.6. The van der Waals surface area contributed by atoms with Crippen LogP contribution in [0.4, 0.5) is 22.0 Å². The van der Waals surface area contributed by atoms with Crippen molar-refractivity contribution in [2.75, 3.05) is 33.0 Å². The number of halogens is 9. The smallest absolute Gasteiger partial charge is 1.00 e. The van der Waals surface area contributed by atoms with Gasteiger partial charge in [-0.3, -0.25) is 4.79 Å². The number of alkyl halides is 1. The van der Waals surface area contributed by atoms with Gasteiger partial charge in [0.05, 0.1) is 29.6 Å². The number of carboxylic acids is 2. The number of rotatable bonds is 7. The van der Waals surface area contributed by atoms with Crippen LogP contribution >= 0.6 is 66.4 Å². The summed E-state index contributed by atoms with van der Waals surface area (Å²) in [5, 5.41) is 34.8. The number of ether oxygens (including phenoxy) is 2. The Labute approximate surface area is 480 Å². The molecule has 2 fully saturated rings. The second-order valence-corrected chi connectivity index (χ2v) is 28.2. The van der Waals surface area contributed by atoms with Crippen molar-refractivity contribution in [2.45, 2.75) is 79.1 Å². The van der Waals surface area contributed by atoms with E-state index in [9.17, 15) is 31.5 Å². The van der Waals surface area contributed by atoms with E-state index in [1.54, 1.807) is 31.2 Å². The van der Waals surface area contributed by atoms with Crippen molar-refractivity contribution in [1.29, 1.82) is 4.01 Å². The third-order valence-corrected chi connectivity index (χ3v) is 8.02. The number of carbonyl (C=O) groups is 2. The van der Waals surface area contributed by atoms with Gasteiger partial charge in [0.2, 0.25) is 0 Å². The molecule has 70 heavy (non-hydrogen) atoms. The van der Waals surface area contributed by atoms with Gasteiger partial charge in [-0.15, -0.1) is 0 Å². The molecule has 0 bridgehead atoms. The molecule has 2 aliphatic rings. The van der Waals surface area contributed by atoms with Gasteiger partial charge in [-0.05, 0) is 178 Å². The Morgan fingerprint density at radius 3 is 1.14 bits per heavy atom. The number of aryl methyl sites for hydroxylation is 1. The van der Waals surface area contributed by atoms with E-state index in [4.69, 9.17) is 38.0 Å². The number of aliphatic hydroxyl groups is 2. The Morgan fingerprint density at radius 1 is 0.643 bits per heavy atom. The third kappa shape index (κ3) is 52.4. The van der Waals surface area contributed by atoms with Crippen LogP contribution in [0.1, 0.15) is 92.5 Å². The van der Waals surface area contributed by atoms with Gasteiger partial charge in [0.15, 0.2) is 17.4 Å². The fraction of sp³-hybridized carbons (Fsp3) is 0.347. The van der Waals surface area contributed by atoms with Gasteiger partial charge in [0.1, 0.15) is 33.1 Å². The third-order valence-electron chi connectivity index (χ3n) is 7.37. The molecule has 0 aromatic heterocycles. The van der Waals surface area contributed by atoms with Gasteiger partial charge in [-0.25, -0.2) is 26.7 Å². The SMILES string of the molecule is BrP(Br)Br.C.C.C1CCOC1.C1CCOC1.Fc1ccc(CBr)cc1.O=C(O)Cc1ccc(F)cc1.O=C(O)c1ccc(F)cc1.OCc1ccc(F)cc1.[2H]B([2H])[2H].[2H]C([2H])(O)Cc1ccc(F)cc1.[2H]CC.[AlH3].[H-].[Li+]. The summed E-state index contributed by atoms with van der Waals surface area (Å²) >= 11 is 12.8. The summed E-state index contributed by atoms with van der Waals surface area (Å²) in [6.07, 6.45) is 4.94. The van der Waals surface area contributed by atoms with Crippen LogP contribution in [0.3, 0.4) is 0 Å². The first-order chi connectivity index (χ1) is 33.9. The molecule has 0 aliphatic carbocycles. The summed E-state index contributed by atoms with van der Waals surface area (Å²) in [7, 11) is -1.42. The van der Waals surface area contributed by atoms with Crippen LogP contribution in [-0.4, -0.2) is 95.0 Å². The molecule has 0 radical (unpaired) electrons. The maximum absolute atomic E-state index is 12.4. The number of hydrogen-bond donors (Lipinski definition) is 4. The molecule has 0 spiro atoms. The summed E-state index contributed by atoms with van der Waals surface area (Å²) < 4.78 is 109. The minimum absolute atomic E-state index is 0. The van der Waals surface area contributed by atoms with Crippen molar-refractivity contribution in [2.24, 2.45) is 0 Å². The number of aliphatic carboxylic acids is 1. The fourth-order valence-electron chi connectivity index (χ4n) is 4.25. The van der Waals surface area contributed by atoms with E-state index in [1.807, 2.05) is 0 Å². The Kier molecular flexibility index (Phi) is 54.8. The molecule has 8 nitrogen and oxygen atoms in total. The van der Waals surface area contributed by atoms with E-state index in [0.717, 1.165) is 55.0 Å². The van der Waals surface area contributed by atoms with Gasteiger partial charge in [0, 0.05) is 39.7 Å². The van der Waals surface area contributed by atoms with Gasteiger partial charge in [-0.1, -0.05) is 93.1 Å². The molecule has 0 unspecified atom stereocenters. The van der Waals surface area contributed by atoms with E-state index in [2.05, 4.69) is 62.4 Å². The van der Waals surface area contributed by atoms with Gasteiger partial charge in [0.25, 0.3) is 0 Å². The zero-order valence-corrected chi connectivity index (χ0v) is 44.3. The average Bonchev–Trinajstić information content (AvgIpc) is 4.11. The largest absolute Gasteiger partial charge is 1.00 e. The van der Waals surface area contributed by atoms with Crippen LogP contribution in [-0.2, 0) is 39.0 Å². The number of aliphatic hydroxyl groups excluding tert-OH is 1. The molecule has 390 valence electrons. The average molecular weight is 1280 g/mol. The number of hydrogen-bond acceptors (Lipinski definition) is 6.